The van der Waals surface area contributed by atoms with Crippen LogP contribution in [-0.4, -0.2) is 131 Å². The number of hydrogen-bond acceptors (Lipinski definition) is 6. The summed E-state index contributed by atoms with van der Waals surface area (Å²) in [6.07, 6.45) is 0. The number of methoxy groups -OCH3 is 6. The minimum absolute atomic E-state index is 0.186. The van der Waals surface area contributed by atoms with Crippen LogP contribution < -0.4 is 0 Å². The Morgan fingerprint density at radius 2 is 0.429 bits per heavy atom. The fourth-order valence-corrected chi connectivity index (χ4v) is 11.4. The van der Waals surface area contributed by atoms with E-state index in [-0.39, 0.29) is 39.3 Å². The van der Waals surface area contributed by atoms with E-state index in [2.05, 4.69) is 24.7 Å². The van der Waals surface area contributed by atoms with Gasteiger partial charge in [0.15, 0.2) is 0 Å². The van der Waals surface area contributed by atoms with Crippen LogP contribution in [-0.2, 0) is 28.4 Å². The summed E-state index contributed by atoms with van der Waals surface area (Å²) < 4.78 is 54.5. The summed E-state index contributed by atoms with van der Waals surface area (Å²) in [6, 6.07) is 0. The Labute approximate surface area is 295 Å². The van der Waals surface area contributed by atoms with Crippen LogP contribution in [0.25, 0.3) is 29.1 Å². The van der Waals surface area contributed by atoms with Crippen LogP contribution >= 0.6 is 0 Å². The van der Waals surface area contributed by atoms with Crippen LogP contribution in [0.4, 0.5) is 0 Å². The monoisotopic (exact) mass is 808 g/mol. The third-order valence-corrected chi connectivity index (χ3v) is 17.9. The molecule has 0 spiro atoms. The van der Waals surface area contributed by atoms with Gasteiger partial charge in [0, 0.05) is 0 Å². The van der Waals surface area contributed by atoms with E-state index in [0.29, 0.717) is 0 Å². The first kappa shape index (κ1) is 46.5. The van der Waals surface area contributed by atoms with Gasteiger partial charge < -0.3 is 0 Å². The van der Waals surface area contributed by atoms with Crippen molar-refractivity contribution in [1.82, 2.24) is 0 Å². The summed E-state index contributed by atoms with van der Waals surface area (Å²) in [5.74, 6) is 0. The van der Waals surface area contributed by atoms with Crippen LogP contribution in [0.15, 0.2) is 0 Å². The molecule has 0 unspecified atom stereocenters. The Balaban J connectivity index is 9.25. The van der Waals surface area contributed by atoms with E-state index in [4.69, 9.17) is 57.5 Å². The van der Waals surface area contributed by atoms with E-state index < -0.39 is 49.0 Å². The molecule has 0 radical (unpaired) electrons. The van der Waals surface area contributed by atoms with E-state index in [9.17, 15) is 0 Å². The molecular weight excluding hydrogens is 740 g/mol. The molecule has 276 valence electrons. The zero-order valence-electron chi connectivity index (χ0n) is 33.8. The molecule has 0 atom stereocenters. The predicted molar refractivity (Wildman–Crippen MR) is 205 cm³/mol. The molecule has 0 bridgehead atoms. The summed E-state index contributed by atoms with van der Waals surface area (Å²) in [5, 5.41) is 0. The first-order valence-corrected chi connectivity index (χ1v) is 23.3. The van der Waals surface area contributed by atoms with Gasteiger partial charge in [0.2, 0.25) is 0 Å². The second-order valence-corrected chi connectivity index (χ2v) is 27.6. The molecule has 0 aliphatic rings. The van der Waals surface area contributed by atoms with Gasteiger partial charge in [0.25, 0.3) is 0 Å². The molecule has 0 heterocycles. The summed E-state index contributed by atoms with van der Waals surface area (Å²) in [5.41, 5.74) is -3.96. The van der Waals surface area contributed by atoms with Crippen molar-refractivity contribution in [2.45, 2.75) is 117 Å². The molecule has 0 aromatic carbocycles. The molecule has 49 heavy (non-hydrogen) atoms. The minimum atomic E-state index is -6.67. The average Bonchev–Trinajstić information content (AvgIpc) is 3.01. The van der Waals surface area contributed by atoms with Gasteiger partial charge in [-0.3, -0.25) is 0 Å². The predicted octanol–water partition coefficient (Wildman–Crippen LogP) is 7.13. The SMILES string of the molecule is COC(C)(C)C[N+]#C[Te](C#[N+]CC(C)(C)OC)(C#[N+]CC(C)(C)OC)(C#[N+]CC(C)(C)OC)(C#[N+]CC(C)(C)OC)C#[N+]CC(C)(C)OC. The summed E-state index contributed by atoms with van der Waals surface area (Å²) in [6.45, 7) is 24.1. The third-order valence-electron chi connectivity index (χ3n) is 7.83. The van der Waals surface area contributed by atoms with E-state index in [1.165, 1.54) is 0 Å². The zero-order chi connectivity index (χ0) is 38.4. The molecule has 0 aliphatic carbocycles. The van der Waals surface area contributed by atoms with Crippen LogP contribution in [0.1, 0.15) is 83.1 Å². The average molecular weight is 807 g/mol. The van der Waals surface area contributed by atoms with Crippen LogP contribution in [0.5, 0.6) is 0 Å². The molecule has 12 nitrogen and oxygen atoms in total. The Morgan fingerprint density at radius 3 is 0.531 bits per heavy atom. The van der Waals surface area contributed by atoms with E-state index in [0.717, 1.165) is 0 Å². The second-order valence-electron chi connectivity index (χ2n) is 15.8. The first-order chi connectivity index (χ1) is 22.2. The molecule has 0 aliphatic heterocycles. The fraction of sp³-hybridized carbons (Fsp3) is 0.833. The van der Waals surface area contributed by atoms with Crippen molar-refractivity contribution >= 4 is 15.4 Å². The van der Waals surface area contributed by atoms with E-state index in [1.807, 2.05) is 83.1 Å². The van der Waals surface area contributed by atoms with Crippen molar-refractivity contribution < 1.29 is 28.4 Å². The summed E-state index contributed by atoms with van der Waals surface area (Å²) in [7, 11) is 9.74. The molecular formula is C36H66N6O6Te+6. The van der Waals surface area contributed by atoms with Gasteiger partial charge in [-0.1, -0.05) is 0 Å². The van der Waals surface area contributed by atoms with Crippen molar-refractivity contribution in [2.75, 3.05) is 81.9 Å². The van der Waals surface area contributed by atoms with E-state index >= 15 is 0 Å². The maximum absolute atomic E-state index is 6.67. The zero-order valence-corrected chi connectivity index (χ0v) is 36.1. The number of ether oxygens (including phenoxy) is 6. The van der Waals surface area contributed by atoms with Gasteiger partial charge in [-0.05, 0) is 0 Å². The summed E-state index contributed by atoms with van der Waals surface area (Å²) >= 11 is -6.67. The Morgan fingerprint density at radius 1 is 0.306 bits per heavy atom. The normalized spacial score (nSPS) is 13.8. The van der Waals surface area contributed by atoms with Crippen molar-refractivity contribution in [3.63, 3.8) is 0 Å². The van der Waals surface area contributed by atoms with Crippen molar-refractivity contribution in [3.8, 4) is 24.7 Å². The first-order valence-electron chi connectivity index (χ1n) is 16.3. The number of hydrogen-bond donors (Lipinski definition) is 0. The number of nitrogens with zero attached hydrogens (tertiary/aromatic N) is 6. The molecule has 0 amide bonds. The van der Waals surface area contributed by atoms with Crippen molar-refractivity contribution in [1.29, 1.82) is 0 Å². The maximum atomic E-state index is 5.71. The van der Waals surface area contributed by atoms with Gasteiger partial charge in [-0.15, -0.1) is 0 Å². The molecule has 13 heteroatoms. The number of rotatable bonds is 12. The van der Waals surface area contributed by atoms with Gasteiger partial charge in [0.1, 0.15) is 0 Å². The summed E-state index contributed by atoms with van der Waals surface area (Å²) in [4.78, 5) is 29.1. The Bertz CT molecular complexity index is 1230. The standard InChI is InChI=1S/C36H66N6O6Te/c1-31(2,43-13)19-37-25-49(26-38-20-32(3,4)44-14,27-39-21-33(5,6)45-15,28-40-22-34(7,8)46-16,29-41-23-35(9,10)47-17)30-42-24-36(11,12)48-18/h19-24H2,1-18H3/q+6. The van der Waals surface area contributed by atoms with Gasteiger partial charge in [-0.2, -0.15) is 0 Å². The molecule has 0 rings (SSSR count). The Hall–Kier alpha value is -2.51. The Kier molecular flexibility index (Phi) is 16.3. The molecule has 0 aromatic heterocycles. The van der Waals surface area contributed by atoms with Crippen LogP contribution in [0, 0.1) is 24.7 Å². The molecule has 0 saturated carbocycles. The molecule has 0 saturated heterocycles. The van der Waals surface area contributed by atoms with Gasteiger partial charge in [-0.25, -0.2) is 0 Å². The van der Waals surface area contributed by atoms with Crippen molar-refractivity contribution in [2.24, 2.45) is 0 Å². The van der Waals surface area contributed by atoms with Crippen molar-refractivity contribution in [3.05, 3.63) is 29.1 Å². The molecule has 0 N–H and O–H groups in total. The van der Waals surface area contributed by atoms with Crippen LogP contribution in [0.2, 0.25) is 0 Å². The van der Waals surface area contributed by atoms with Crippen LogP contribution in [0.3, 0.4) is 0 Å². The topological polar surface area (TPSA) is 81.5 Å². The third kappa shape index (κ3) is 15.1. The van der Waals surface area contributed by atoms with Gasteiger partial charge >= 0.3 is 296 Å². The molecule has 0 fully saturated rings. The molecule has 0 aromatic rings. The van der Waals surface area contributed by atoms with Gasteiger partial charge in [0.05, 0.1) is 0 Å². The quantitative estimate of drug-likeness (QED) is 0.196. The van der Waals surface area contributed by atoms with E-state index in [1.54, 1.807) is 42.7 Å². The fourth-order valence-electron chi connectivity index (χ4n) is 3.00. The second kappa shape index (κ2) is 17.1.